The third-order valence-corrected chi connectivity index (χ3v) is 3.15. The van der Waals surface area contributed by atoms with Crippen LogP contribution in [0.4, 0.5) is 0 Å². The number of hydrogen-bond acceptors (Lipinski definition) is 0. The molecule has 0 spiro atoms. The Kier molecular flexibility index (Phi) is 17.8. The molecule has 0 heterocycles. The zero-order valence-electron chi connectivity index (χ0n) is 11.7. The monoisotopic (exact) mass is 252 g/mol. The second-order valence-corrected chi connectivity index (χ2v) is 4.26. The highest BCUT2D eigenvalue weighted by molar-refractivity contribution is 5.19. The molecule has 1 rings (SSSR count). The molecule has 0 aliphatic carbocycles. The summed E-state index contributed by atoms with van der Waals surface area (Å²) >= 11 is 0. The standard InChI is InChI=1S/C14H22.C2H6.2CH4/c1-4-12(3)11-13(5-2)14-9-7-6-8-10-14;1-2;;/h6-10,12-13H,4-5,11H2,1-3H3;1-2H3;2*1H4. The highest BCUT2D eigenvalue weighted by Gasteiger charge is 2.11. The minimum absolute atomic E-state index is 0. The molecule has 2 unspecified atom stereocenters. The average molecular weight is 252 g/mol. The molecule has 0 fully saturated rings. The Morgan fingerprint density at radius 2 is 1.39 bits per heavy atom. The van der Waals surface area contributed by atoms with Gasteiger partial charge in [-0.15, -0.1) is 0 Å². The van der Waals surface area contributed by atoms with Gasteiger partial charge in [-0.2, -0.15) is 0 Å². The van der Waals surface area contributed by atoms with Crippen molar-refractivity contribution < 1.29 is 0 Å². The van der Waals surface area contributed by atoms with Gasteiger partial charge in [0, 0.05) is 0 Å². The molecule has 0 aromatic heterocycles. The van der Waals surface area contributed by atoms with E-state index < -0.39 is 0 Å². The maximum absolute atomic E-state index is 2.35. The SMILES string of the molecule is C.C.CC.CCC(C)CC(CC)c1ccccc1. The molecule has 0 saturated heterocycles. The Balaban J connectivity index is -0.000000534. The predicted molar refractivity (Wildman–Crippen MR) is 88.4 cm³/mol. The predicted octanol–water partition coefficient (Wildman–Crippen LogP) is 6.91. The minimum Gasteiger partial charge on any atom is -0.0776 e. The first-order valence-corrected chi connectivity index (χ1v) is 6.82. The van der Waals surface area contributed by atoms with Crippen molar-refractivity contribution in [2.45, 2.75) is 74.7 Å². The molecule has 1 aromatic carbocycles. The fourth-order valence-electron chi connectivity index (χ4n) is 1.92. The van der Waals surface area contributed by atoms with E-state index in [2.05, 4.69) is 51.1 Å². The van der Waals surface area contributed by atoms with Crippen LogP contribution in [0, 0.1) is 5.92 Å². The van der Waals surface area contributed by atoms with Gasteiger partial charge in [-0.25, -0.2) is 0 Å². The lowest BCUT2D eigenvalue weighted by atomic mass is 9.87. The second-order valence-electron chi connectivity index (χ2n) is 4.26. The van der Waals surface area contributed by atoms with Crippen molar-refractivity contribution in [3.05, 3.63) is 35.9 Å². The van der Waals surface area contributed by atoms with E-state index in [1.807, 2.05) is 13.8 Å². The smallest absolute Gasteiger partial charge is 0.0162 e. The summed E-state index contributed by atoms with van der Waals surface area (Å²) in [5, 5.41) is 0. The highest BCUT2D eigenvalue weighted by atomic mass is 14.2. The molecule has 0 radical (unpaired) electrons. The number of benzene rings is 1. The highest BCUT2D eigenvalue weighted by Crippen LogP contribution is 2.27. The van der Waals surface area contributed by atoms with Gasteiger partial charge in [0.05, 0.1) is 0 Å². The summed E-state index contributed by atoms with van der Waals surface area (Å²) in [5.41, 5.74) is 1.51. The van der Waals surface area contributed by atoms with Crippen molar-refractivity contribution in [1.29, 1.82) is 0 Å². The van der Waals surface area contributed by atoms with Gasteiger partial charge in [0.25, 0.3) is 0 Å². The fourth-order valence-corrected chi connectivity index (χ4v) is 1.92. The summed E-state index contributed by atoms with van der Waals surface area (Å²) in [7, 11) is 0. The first-order chi connectivity index (χ1) is 7.77. The Morgan fingerprint density at radius 1 is 0.889 bits per heavy atom. The van der Waals surface area contributed by atoms with Gasteiger partial charge in [0.2, 0.25) is 0 Å². The van der Waals surface area contributed by atoms with Gasteiger partial charge in [-0.1, -0.05) is 86.2 Å². The maximum Gasteiger partial charge on any atom is -0.0162 e. The van der Waals surface area contributed by atoms with E-state index in [-0.39, 0.29) is 14.9 Å². The van der Waals surface area contributed by atoms with E-state index in [9.17, 15) is 0 Å². The molecule has 0 N–H and O–H groups in total. The summed E-state index contributed by atoms with van der Waals surface area (Å²) in [6.45, 7) is 10.9. The van der Waals surface area contributed by atoms with Crippen LogP contribution in [-0.2, 0) is 0 Å². The lowest BCUT2D eigenvalue weighted by Gasteiger charge is -2.19. The van der Waals surface area contributed by atoms with Crippen molar-refractivity contribution in [2.75, 3.05) is 0 Å². The molecular weight excluding hydrogens is 216 g/mol. The van der Waals surface area contributed by atoms with Crippen LogP contribution in [0.15, 0.2) is 30.3 Å². The molecule has 108 valence electrons. The van der Waals surface area contributed by atoms with Crippen LogP contribution in [-0.4, -0.2) is 0 Å². The molecule has 0 heteroatoms. The van der Waals surface area contributed by atoms with Gasteiger partial charge in [0.1, 0.15) is 0 Å². The molecule has 0 nitrogen and oxygen atoms in total. The molecule has 0 bridgehead atoms. The van der Waals surface area contributed by atoms with E-state index in [1.165, 1.54) is 24.8 Å². The minimum atomic E-state index is 0. The molecule has 0 aliphatic heterocycles. The van der Waals surface area contributed by atoms with Crippen LogP contribution in [0.25, 0.3) is 0 Å². The quantitative estimate of drug-likeness (QED) is 0.534. The van der Waals surface area contributed by atoms with E-state index in [0.29, 0.717) is 0 Å². The lowest BCUT2D eigenvalue weighted by molar-refractivity contribution is 0.447. The molecular formula is C18H36. The first-order valence-electron chi connectivity index (χ1n) is 6.82. The van der Waals surface area contributed by atoms with E-state index in [0.717, 1.165) is 11.8 Å². The van der Waals surface area contributed by atoms with E-state index in [1.54, 1.807) is 0 Å². The maximum atomic E-state index is 2.35. The van der Waals surface area contributed by atoms with Gasteiger partial charge in [-0.05, 0) is 30.2 Å². The van der Waals surface area contributed by atoms with E-state index in [4.69, 9.17) is 0 Å². The molecule has 1 aromatic rings. The second kappa shape index (κ2) is 14.3. The average Bonchev–Trinajstić information content (AvgIpc) is 2.39. The Morgan fingerprint density at radius 3 is 1.78 bits per heavy atom. The van der Waals surface area contributed by atoms with Crippen LogP contribution in [0.1, 0.15) is 80.2 Å². The fraction of sp³-hybridized carbons (Fsp3) is 0.667. The Bertz CT molecular complexity index is 237. The Labute approximate surface area is 117 Å². The number of rotatable bonds is 5. The zero-order chi connectivity index (χ0) is 12.4. The van der Waals surface area contributed by atoms with Crippen molar-refractivity contribution >= 4 is 0 Å². The van der Waals surface area contributed by atoms with Crippen LogP contribution < -0.4 is 0 Å². The molecule has 0 amide bonds. The van der Waals surface area contributed by atoms with Gasteiger partial charge in [0.15, 0.2) is 0 Å². The summed E-state index contributed by atoms with van der Waals surface area (Å²) in [6, 6.07) is 10.9. The van der Waals surface area contributed by atoms with Crippen LogP contribution in [0.2, 0.25) is 0 Å². The topological polar surface area (TPSA) is 0 Å². The third-order valence-electron chi connectivity index (χ3n) is 3.15. The lowest BCUT2D eigenvalue weighted by Crippen LogP contribution is -2.03. The zero-order valence-corrected chi connectivity index (χ0v) is 11.7. The first kappa shape index (κ1) is 22.4. The van der Waals surface area contributed by atoms with Crippen molar-refractivity contribution in [3.8, 4) is 0 Å². The summed E-state index contributed by atoms with van der Waals surface area (Å²) in [6.07, 6.45) is 3.88. The molecule has 18 heavy (non-hydrogen) atoms. The third kappa shape index (κ3) is 8.33. The summed E-state index contributed by atoms with van der Waals surface area (Å²) < 4.78 is 0. The van der Waals surface area contributed by atoms with Crippen LogP contribution >= 0.6 is 0 Å². The van der Waals surface area contributed by atoms with Crippen LogP contribution in [0.5, 0.6) is 0 Å². The summed E-state index contributed by atoms with van der Waals surface area (Å²) in [5.74, 6) is 1.60. The Hall–Kier alpha value is -0.780. The largest absolute Gasteiger partial charge is 0.0776 e. The van der Waals surface area contributed by atoms with Gasteiger partial charge < -0.3 is 0 Å². The van der Waals surface area contributed by atoms with E-state index >= 15 is 0 Å². The molecule has 2 atom stereocenters. The molecule has 0 aliphatic rings. The van der Waals surface area contributed by atoms with Gasteiger partial charge >= 0.3 is 0 Å². The van der Waals surface area contributed by atoms with Crippen molar-refractivity contribution in [1.82, 2.24) is 0 Å². The number of hydrogen-bond donors (Lipinski definition) is 0. The van der Waals surface area contributed by atoms with Crippen LogP contribution in [0.3, 0.4) is 0 Å². The normalized spacial score (nSPS) is 12.1. The summed E-state index contributed by atoms with van der Waals surface area (Å²) in [4.78, 5) is 0. The van der Waals surface area contributed by atoms with Crippen molar-refractivity contribution in [2.24, 2.45) is 5.92 Å². The van der Waals surface area contributed by atoms with Gasteiger partial charge in [-0.3, -0.25) is 0 Å². The molecule has 0 saturated carbocycles. The van der Waals surface area contributed by atoms with Crippen molar-refractivity contribution in [3.63, 3.8) is 0 Å².